The average Bonchev–Trinajstić information content (AvgIpc) is 2.34. The van der Waals surface area contributed by atoms with Crippen molar-refractivity contribution in [3.05, 3.63) is 29.8 Å². The van der Waals surface area contributed by atoms with Crippen LogP contribution in [0, 0.1) is 11.3 Å². The van der Waals surface area contributed by atoms with E-state index in [0.717, 1.165) is 18.7 Å². The number of hydrogen-bond acceptors (Lipinski definition) is 3. The molecule has 0 aliphatic heterocycles. The van der Waals surface area contributed by atoms with E-state index in [1.807, 2.05) is 30.1 Å². The van der Waals surface area contributed by atoms with Crippen LogP contribution in [0.2, 0.25) is 0 Å². The van der Waals surface area contributed by atoms with Gasteiger partial charge in [0.25, 0.3) is 0 Å². The Morgan fingerprint density at radius 1 is 1.47 bits per heavy atom. The normalized spacial score (nSPS) is 9.65. The average molecular weight is 232 g/mol. The van der Waals surface area contributed by atoms with Crippen LogP contribution in [0.4, 0.5) is 5.69 Å². The highest BCUT2D eigenvalue weighted by Gasteiger charge is 2.02. The molecule has 1 aromatic carbocycles. The Kier molecular flexibility index (Phi) is 5.02. The van der Waals surface area contributed by atoms with Crippen molar-refractivity contribution in [2.75, 3.05) is 18.5 Å². The van der Waals surface area contributed by atoms with Crippen LogP contribution in [0.3, 0.4) is 0 Å². The van der Waals surface area contributed by atoms with Crippen molar-refractivity contribution in [3.8, 4) is 6.07 Å². The van der Waals surface area contributed by atoms with Crippen LogP contribution in [-0.2, 0) is 4.79 Å². The first-order chi connectivity index (χ1) is 8.13. The minimum Gasteiger partial charge on any atom is -0.481 e. The molecule has 1 N–H and O–H groups in total. The van der Waals surface area contributed by atoms with Gasteiger partial charge in [-0.2, -0.15) is 5.26 Å². The molecule has 0 fully saturated rings. The van der Waals surface area contributed by atoms with Crippen LogP contribution < -0.4 is 4.90 Å². The highest BCUT2D eigenvalue weighted by molar-refractivity contribution is 5.66. The summed E-state index contributed by atoms with van der Waals surface area (Å²) in [6, 6.07) is 9.49. The van der Waals surface area contributed by atoms with E-state index in [-0.39, 0.29) is 6.42 Å². The maximum atomic E-state index is 10.3. The van der Waals surface area contributed by atoms with Crippen molar-refractivity contribution in [1.82, 2.24) is 0 Å². The number of nitrogens with zero attached hydrogens (tertiary/aromatic N) is 2. The number of rotatable bonds is 6. The maximum absolute atomic E-state index is 10.3. The fraction of sp³-hybridized carbons (Fsp3) is 0.385. The summed E-state index contributed by atoms with van der Waals surface area (Å²) in [5.74, 6) is -0.751. The topological polar surface area (TPSA) is 64.3 Å². The number of carbonyl (C=O) groups is 1. The molecule has 1 aromatic rings. The SMILES string of the molecule is CN(CCCCC(=O)O)c1cccc(C#N)c1. The molecule has 0 heterocycles. The monoisotopic (exact) mass is 232 g/mol. The standard InChI is InChI=1S/C13H16N2O2/c1-15(8-3-2-7-13(16)17)12-6-4-5-11(9-12)10-14/h4-6,9H,2-3,7-8H2,1H3,(H,16,17). The maximum Gasteiger partial charge on any atom is 0.303 e. The van der Waals surface area contributed by atoms with Gasteiger partial charge in [-0.25, -0.2) is 0 Å². The molecule has 0 unspecified atom stereocenters. The van der Waals surface area contributed by atoms with Gasteiger partial charge < -0.3 is 10.0 Å². The molecular weight excluding hydrogens is 216 g/mol. The van der Waals surface area contributed by atoms with Crippen LogP contribution in [-0.4, -0.2) is 24.7 Å². The van der Waals surface area contributed by atoms with Gasteiger partial charge in [-0.15, -0.1) is 0 Å². The van der Waals surface area contributed by atoms with Crippen LogP contribution in [0.15, 0.2) is 24.3 Å². The molecular formula is C13H16N2O2. The summed E-state index contributed by atoms with van der Waals surface area (Å²) in [5, 5.41) is 17.3. The summed E-state index contributed by atoms with van der Waals surface area (Å²) >= 11 is 0. The van der Waals surface area contributed by atoms with Crippen LogP contribution in [0.5, 0.6) is 0 Å². The van der Waals surface area contributed by atoms with Gasteiger partial charge in [0.15, 0.2) is 0 Å². The fourth-order valence-electron chi connectivity index (χ4n) is 1.57. The van der Waals surface area contributed by atoms with E-state index in [1.165, 1.54) is 0 Å². The molecule has 0 saturated heterocycles. The molecule has 17 heavy (non-hydrogen) atoms. The number of benzene rings is 1. The van der Waals surface area contributed by atoms with E-state index in [0.29, 0.717) is 12.0 Å². The molecule has 1 rings (SSSR count). The van der Waals surface area contributed by atoms with Crippen LogP contribution in [0.1, 0.15) is 24.8 Å². The van der Waals surface area contributed by atoms with Gasteiger partial charge in [-0.3, -0.25) is 4.79 Å². The molecule has 4 nitrogen and oxygen atoms in total. The second kappa shape index (κ2) is 6.54. The van der Waals surface area contributed by atoms with Crippen molar-refractivity contribution >= 4 is 11.7 Å². The van der Waals surface area contributed by atoms with Crippen molar-refractivity contribution in [1.29, 1.82) is 5.26 Å². The summed E-state index contributed by atoms with van der Waals surface area (Å²) in [7, 11) is 1.94. The first-order valence-corrected chi connectivity index (χ1v) is 5.56. The number of carboxylic acids is 1. The Morgan fingerprint density at radius 2 is 2.24 bits per heavy atom. The molecule has 0 spiro atoms. The Labute approximate surface area is 101 Å². The van der Waals surface area contributed by atoms with Gasteiger partial charge in [-0.05, 0) is 31.0 Å². The van der Waals surface area contributed by atoms with E-state index in [4.69, 9.17) is 10.4 Å². The van der Waals surface area contributed by atoms with Gasteiger partial charge in [0.2, 0.25) is 0 Å². The van der Waals surface area contributed by atoms with Gasteiger partial charge in [0.1, 0.15) is 0 Å². The molecule has 0 aromatic heterocycles. The third kappa shape index (κ3) is 4.56. The quantitative estimate of drug-likeness (QED) is 0.764. The Hall–Kier alpha value is -2.02. The minimum absolute atomic E-state index is 0.214. The first-order valence-electron chi connectivity index (χ1n) is 5.56. The molecule has 0 atom stereocenters. The summed E-state index contributed by atoms with van der Waals surface area (Å²) in [6.07, 6.45) is 1.73. The Bertz CT molecular complexity index is 424. The molecule has 0 aliphatic carbocycles. The third-order valence-corrected chi connectivity index (χ3v) is 2.55. The summed E-state index contributed by atoms with van der Waals surface area (Å²) in [4.78, 5) is 12.4. The van der Waals surface area contributed by atoms with Gasteiger partial charge in [-0.1, -0.05) is 6.07 Å². The minimum atomic E-state index is -0.751. The zero-order valence-electron chi connectivity index (χ0n) is 9.89. The van der Waals surface area contributed by atoms with E-state index in [9.17, 15) is 4.79 Å². The van der Waals surface area contributed by atoms with Crippen molar-refractivity contribution in [2.45, 2.75) is 19.3 Å². The zero-order valence-corrected chi connectivity index (χ0v) is 9.89. The van der Waals surface area contributed by atoms with Crippen molar-refractivity contribution < 1.29 is 9.90 Å². The highest BCUT2D eigenvalue weighted by atomic mass is 16.4. The van der Waals surface area contributed by atoms with Crippen LogP contribution in [0.25, 0.3) is 0 Å². The van der Waals surface area contributed by atoms with Gasteiger partial charge in [0.05, 0.1) is 11.6 Å². The molecule has 0 saturated carbocycles. The molecule has 0 radical (unpaired) electrons. The lowest BCUT2D eigenvalue weighted by Crippen LogP contribution is -2.18. The predicted octanol–water partition coefficient (Wildman–Crippen LogP) is 2.25. The van der Waals surface area contributed by atoms with Gasteiger partial charge in [0, 0.05) is 25.7 Å². The van der Waals surface area contributed by atoms with Crippen LogP contribution >= 0.6 is 0 Å². The zero-order chi connectivity index (χ0) is 12.7. The van der Waals surface area contributed by atoms with E-state index < -0.39 is 5.97 Å². The number of nitriles is 1. The number of anilines is 1. The second-order valence-electron chi connectivity index (χ2n) is 3.93. The fourth-order valence-corrected chi connectivity index (χ4v) is 1.57. The van der Waals surface area contributed by atoms with E-state index >= 15 is 0 Å². The smallest absolute Gasteiger partial charge is 0.303 e. The largest absolute Gasteiger partial charge is 0.481 e. The van der Waals surface area contributed by atoms with Crippen molar-refractivity contribution in [3.63, 3.8) is 0 Å². The number of aliphatic carboxylic acids is 1. The molecule has 0 bridgehead atoms. The molecule has 0 aliphatic rings. The van der Waals surface area contributed by atoms with Gasteiger partial charge >= 0.3 is 5.97 Å². The van der Waals surface area contributed by atoms with E-state index in [1.54, 1.807) is 6.07 Å². The Morgan fingerprint density at radius 3 is 2.88 bits per heavy atom. The number of hydrogen-bond donors (Lipinski definition) is 1. The summed E-state index contributed by atoms with van der Waals surface area (Å²) in [5.41, 5.74) is 1.62. The third-order valence-electron chi connectivity index (χ3n) is 2.55. The molecule has 4 heteroatoms. The lowest BCUT2D eigenvalue weighted by molar-refractivity contribution is -0.137. The van der Waals surface area contributed by atoms with E-state index in [2.05, 4.69) is 6.07 Å². The lowest BCUT2D eigenvalue weighted by atomic mass is 10.2. The highest BCUT2D eigenvalue weighted by Crippen LogP contribution is 2.14. The first kappa shape index (κ1) is 13.0. The molecule has 90 valence electrons. The second-order valence-corrected chi connectivity index (χ2v) is 3.93. The number of carboxylic acid groups (broad SMARTS) is 1. The molecule has 0 amide bonds. The summed E-state index contributed by atoms with van der Waals surface area (Å²) < 4.78 is 0. The predicted molar refractivity (Wildman–Crippen MR) is 65.9 cm³/mol. The lowest BCUT2D eigenvalue weighted by Gasteiger charge is -2.19. The summed E-state index contributed by atoms with van der Waals surface area (Å²) in [6.45, 7) is 0.794. The van der Waals surface area contributed by atoms with Crippen molar-refractivity contribution in [2.24, 2.45) is 0 Å². The Balaban J connectivity index is 2.44. The number of unbranched alkanes of at least 4 members (excludes halogenated alkanes) is 1.